The first-order valence-electron chi connectivity index (χ1n) is 6.77. The number of carboxylic acid groups (broad SMARTS) is 1. The van der Waals surface area contributed by atoms with Crippen LogP contribution >= 0.6 is 0 Å². The zero-order valence-corrected chi connectivity index (χ0v) is 12.2. The molecule has 0 fully saturated rings. The number of carbonyl (C=O) groups is 1. The Kier molecular flexibility index (Phi) is 3.01. The maximum Gasteiger partial charge on any atom is 0.355 e. The van der Waals surface area contributed by atoms with Crippen molar-refractivity contribution in [1.29, 1.82) is 0 Å². The number of carboxylic acids is 1. The Hall–Kier alpha value is -2.62. The number of aryl methyl sites for hydroxylation is 3. The van der Waals surface area contributed by atoms with Gasteiger partial charge in [-0.3, -0.25) is 4.40 Å². The Morgan fingerprint density at radius 1 is 1.10 bits per heavy atom. The molecule has 0 atom stereocenters. The average Bonchev–Trinajstić information content (AvgIpc) is 2.83. The van der Waals surface area contributed by atoms with Crippen molar-refractivity contribution >= 4 is 11.6 Å². The number of fused-ring (bicyclic) bond motifs is 1. The van der Waals surface area contributed by atoms with Gasteiger partial charge in [-0.1, -0.05) is 18.2 Å². The van der Waals surface area contributed by atoms with Gasteiger partial charge in [-0.05, 0) is 49.6 Å². The summed E-state index contributed by atoms with van der Waals surface area (Å²) in [6.45, 7) is 5.98. The summed E-state index contributed by atoms with van der Waals surface area (Å²) in [5.41, 5.74) is 5.49. The first kappa shape index (κ1) is 13.4. The molecule has 0 aliphatic heterocycles. The SMILES string of the molecule is Cc1ccc(-c2nc3c(C)cccn3c2C(=O)O)cc1C. The molecule has 0 aliphatic carbocycles. The molecule has 21 heavy (non-hydrogen) atoms. The van der Waals surface area contributed by atoms with E-state index in [1.165, 1.54) is 5.56 Å². The normalized spacial score (nSPS) is 11.0. The van der Waals surface area contributed by atoms with Gasteiger partial charge in [-0.2, -0.15) is 0 Å². The number of hydrogen-bond acceptors (Lipinski definition) is 2. The number of imidazole rings is 1. The minimum absolute atomic E-state index is 0.206. The van der Waals surface area contributed by atoms with Crippen LogP contribution in [-0.2, 0) is 0 Å². The highest BCUT2D eigenvalue weighted by Gasteiger charge is 2.20. The van der Waals surface area contributed by atoms with Crippen molar-refractivity contribution in [3.05, 3.63) is 58.9 Å². The Labute approximate surface area is 122 Å². The van der Waals surface area contributed by atoms with Gasteiger partial charge in [0.25, 0.3) is 0 Å². The summed E-state index contributed by atoms with van der Waals surface area (Å²) in [5, 5.41) is 9.57. The monoisotopic (exact) mass is 280 g/mol. The fraction of sp³-hybridized carbons (Fsp3) is 0.176. The minimum atomic E-state index is -0.971. The Morgan fingerprint density at radius 2 is 1.86 bits per heavy atom. The van der Waals surface area contributed by atoms with Crippen LogP contribution in [0.4, 0.5) is 0 Å². The van der Waals surface area contributed by atoms with Gasteiger partial charge in [0, 0.05) is 11.8 Å². The number of aromatic carboxylic acids is 1. The van der Waals surface area contributed by atoms with Crippen LogP contribution < -0.4 is 0 Å². The van der Waals surface area contributed by atoms with Crippen LogP contribution in [0.25, 0.3) is 16.9 Å². The van der Waals surface area contributed by atoms with Gasteiger partial charge in [0.1, 0.15) is 11.3 Å². The highest BCUT2D eigenvalue weighted by atomic mass is 16.4. The van der Waals surface area contributed by atoms with Crippen LogP contribution in [0.1, 0.15) is 27.2 Å². The van der Waals surface area contributed by atoms with Crippen LogP contribution in [-0.4, -0.2) is 20.5 Å². The molecule has 0 bridgehead atoms. The molecule has 0 spiro atoms. The lowest BCUT2D eigenvalue weighted by Crippen LogP contribution is -2.03. The van der Waals surface area contributed by atoms with E-state index in [4.69, 9.17) is 0 Å². The third kappa shape index (κ3) is 2.09. The molecule has 0 unspecified atom stereocenters. The highest BCUT2D eigenvalue weighted by Crippen LogP contribution is 2.27. The van der Waals surface area contributed by atoms with Crippen molar-refractivity contribution in [2.45, 2.75) is 20.8 Å². The van der Waals surface area contributed by atoms with Gasteiger partial charge < -0.3 is 5.11 Å². The molecule has 1 aromatic carbocycles. The number of aromatic nitrogens is 2. The van der Waals surface area contributed by atoms with Crippen molar-refractivity contribution in [1.82, 2.24) is 9.38 Å². The lowest BCUT2D eigenvalue weighted by atomic mass is 10.0. The number of hydrogen-bond donors (Lipinski definition) is 1. The maximum absolute atomic E-state index is 11.7. The summed E-state index contributed by atoms with van der Waals surface area (Å²) in [6.07, 6.45) is 1.74. The van der Waals surface area contributed by atoms with Gasteiger partial charge >= 0.3 is 5.97 Å². The topological polar surface area (TPSA) is 54.6 Å². The predicted octanol–water partition coefficient (Wildman–Crippen LogP) is 3.62. The van der Waals surface area contributed by atoms with E-state index in [1.54, 1.807) is 10.6 Å². The van der Waals surface area contributed by atoms with Crippen LogP contribution in [0.15, 0.2) is 36.5 Å². The Balaban J connectivity index is 2.36. The molecule has 3 rings (SSSR count). The number of benzene rings is 1. The predicted molar refractivity (Wildman–Crippen MR) is 81.8 cm³/mol. The summed E-state index contributed by atoms with van der Waals surface area (Å²) < 4.78 is 1.64. The minimum Gasteiger partial charge on any atom is -0.476 e. The van der Waals surface area contributed by atoms with E-state index in [0.717, 1.165) is 16.7 Å². The van der Waals surface area contributed by atoms with E-state index in [2.05, 4.69) is 4.98 Å². The molecule has 3 aromatic rings. The molecule has 4 heteroatoms. The average molecular weight is 280 g/mol. The van der Waals surface area contributed by atoms with Gasteiger partial charge in [-0.15, -0.1) is 0 Å². The molecule has 0 radical (unpaired) electrons. The summed E-state index contributed by atoms with van der Waals surface area (Å²) in [7, 11) is 0. The van der Waals surface area contributed by atoms with Crippen molar-refractivity contribution in [3.63, 3.8) is 0 Å². The second-order valence-electron chi connectivity index (χ2n) is 5.30. The van der Waals surface area contributed by atoms with Crippen LogP contribution in [0, 0.1) is 20.8 Å². The first-order valence-corrected chi connectivity index (χ1v) is 6.77. The molecular weight excluding hydrogens is 264 g/mol. The molecule has 106 valence electrons. The van der Waals surface area contributed by atoms with Crippen LogP contribution in [0.3, 0.4) is 0 Å². The highest BCUT2D eigenvalue weighted by molar-refractivity contribution is 5.95. The molecule has 4 nitrogen and oxygen atoms in total. The third-order valence-electron chi connectivity index (χ3n) is 3.83. The molecular formula is C17H16N2O2. The van der Waals surface area contributed by atoms with Crippen LogP contribution in [0.5, 0.6) is 0 Å². The summed E-state index contributed by atoms with van der Waals surface area (Å²) in [4.78, 5) is 16.2. The van der Waals surface area contributed by atoms with E-state index in [1.807, 2.05) is 51.1 Å². The number of pyridine rings is 1. The summed E-state index contributed by atoms with van der Waals surface area (Å²) >= 11 is 0. The van der Waals surface area contributed by atoms with E-state index < -0.39 is 5.97 Å². The smallest absolute Gasteiger partial charge is 0.355 e. The lowest BCUT2D eigenvalue weighted by Gasteiger charge is -2.04. The van der Waals surface area contributed by atoms with Crippen molar-refractivity contribution in [2.24, 2.45) is 0 Å². The second kappa shape index (κ2) is 4.74. The Bertz CT molecular complexity index is 863. The lowest BCUT2D eigenvalue weighted by molar-refractivity contribution is 0.0690. The molecule has 0 saturated heterocycles. The quantitative estimate of drug-likeness (QED) is 0.780. The Morgan fingerprint density at radius 3 is 2.52 bits per heavy atom. The molecule has 0 aliphatic rings. The van der Waals surface area contributed by atoms with Gasteiger partial charge in [0.05, 0.1) is 0 Å². The maximum atomic E-state index is 11.7. The second-order valence-corrected chi connectivity index (χ2v) is 5.30. The number of rotatable bonds is 2. The van der Waals surface area contributed by atoms with Crippen molar-refractivity contribution in [3.8, 4) is 11.3 Å². The molecule has 0 saturated carbocycles. The van der Waals surface area contributed by atoms with Crippen molar-refractivity contribution < 1.29 is 9.90 Å². The van der Waals surface area contributed by atoms with Crippen LogP contribution in [0.2, 0.25) is 0 Å². The van der Waals surface area contributed by atoms with E-state index >= 15 is 0 Å². The third-order valence-corrected chi connectivity index (χ3v) is 3.83. The first-order chi connectivity index (χ1) is 9.99. The zero-order chi connectivity index (χ0) is 15.1. The van der Waals surface area contributed by atoms with Crippen molar-refractivity contribution in [2.75, 3.05) is 0 Å². The fourth-order valence-electron chi connectivity index (χ4n) is 2.50. The fourth-order valence-corrected chi connectivity index (χ4v) is 2.50. The van der Waals surface area contributed by atoms with E-state index in [0.29, 0.717) is 11.3 Å². The number of nitrogens with zero attached hydrogens (tertiary/aromatic N) is 2. The van der Waals surface area contributed by atoms with E-state index in [-0.39, 0.29) is 5.69 Å². The van der Waals surface area contributed by atoms with Gasteiger partial charge in [0.15, 0.2) is 5.69 Å². The van der Waals surface area contributed by atoms with E-state index in [9.17, 15) is 9.90 Å². The zero-order valence-electron chi connectivity index (χ0n) is 12.2. The van der Waals surface area contributed by atoms with Gasteiger partial charge in [-0.25, -0.2) is 9.78 Å². The summed E-state index contributed by atoms with van der Waals surface area (Å²) in [6, 6.07) is 9.66. The molecule has 0 amide bonds. The largest absolute Gasteiger partial charge is 0.476 e. The molecule has 1 N–H and O–H groups in total. The summed E-state index contributed by atoms with van der Waals surface area (Å²) in [5.74, 6) is -0.971. The standard InChI is InChI=1S/C17H16N2O2/c1-10-6-7-13(9-12(10)3)14-15(17(20)21)19-8-4-5-11(2)16(19)18-14/h4-9H,1-3H3,(H,20,21). The van der Waals surface area contributed by atoms with Gasteiger partial charge in [0.2, 0.25) is 0 Å². The molecule has 2 aromatic heterocycles. The molecule has 2 heterocycles.